The highest BCUT2D eigenvalue weighted by Gasteiger charge is 2.09. The molecule has 3 nitrogen and oxygen atoms in total. The van der Waals surface area contributed by atoms with Gasteiger partial charge in [-0.1, -0.05) is 6.07 Å². The summed E-state index contributed by atoms with van der Waals surface area (Å²) in [4.78, 5) is 22.9. The first-order chi connectivity index (χ1) is 6.74. The van der Waals surface area contributed by atoms with Crippen LogP contribution in [0.15, 0.2) is 23.6 Å². The maximum Gasteiger partial charge on any atom is 0.379 e. The molecule has 14 heavy (non-hydrogen) atoms. The predicted octanol–water partition coefficient (Wildman–Crippen LogP) is 1.89. The third-order valence-corrected chi connectivity index (χ3v) is 2.26. The van der Waals surface area contributed by atoms with E-state index >= 15 is 0 Å². The largest absolute Gasteiger partial charge is 0.460 e. The van der Waals surface area contributed by atoms with Gasteiger partial charge < -0.3 is 4.74 Å². The molecule has 1 aromatic rings. The van der Waals surface area contributed by atoms with E-state index < -0.39 is 11.8 Å². The first-order valence-corrected chi connectivity index (χ1v) is 5.04. The van der Waals surface area contributed by atoms with Crippen molar-refractivity contribution in [2.45, 2.75) is 6.92 Å². The highest BCUT2D eigenvalue weighted by Crippen LogP contribution is 2.09. The maximum atomic E-state index is 11.1. The van der Waals surface area contributed by atoms with Crippen LogP contribution in [0.4, 0.5) is 0 Å². The van der Waals surface area contributed by atoms with Gasteiger partial charge in [0.05, 0.1) is 6.61 Å². The first-order valence-electron chi connectivity index (χ1n) is 4.16. The predicted molar refractivity (Wildman–Crippen MR) is 55.0 cm³/mol. The summed E-state index contributed by atoms with van der Waals surface area (Å²) in [5.41, 5.74) is 0. The van der Waals surface area contributed by atoms with E-state index in [2.05, 4.69) is 4.74 Å². The van der Waals surface area contributed by atoms with Gasteiger partial charge in [-0.2, -0.15) is 0 Å². The van der Waals surface area contributed by atoms with Crippen LogP contribution >= 0.6 is 11.3 Å². The monoisotopic (exact) mass is 210 g/mol. The van der Waals surface area contributed by atoms with E-state index in [9.17, 15) is 9.59 Å². The van der Waals surface area contributed by atoms with Crippen LogP contribution in [0.5, 0.6) is 0 Å². The third-order valence-electron chi connectivity index (χ3n) is 1.42. The van der Waals surface area contributed by atoms with E-state index in [1.807, 2.05) is 17.5 Å². The fourth-order valence-corrected chi connectivity index (χ4v) is 1.43. The highest BCUT2D eigenvalue weighted by molar-refractivity contribution is 7.10. The maximum absolute atomic E-state index is 11.1. The summed E-state index contributed by atoms with van der Waals surface area (Å²) in [6.07, 6.45) is 2.83. The summed E-state index contributed by atoms with van der Waals surface area (Å²) in [7, 11) is 0. The summed E-state index contributed by atoms with van der Waals surface area (Å²) in [6, 6.07) is 3.73. The van der Waals surface area contributed by atoms with Gasteiger partial charge in [0.15, 0.2) is 0 Å². The lowest BCUT2D eigenvalue weighted by Crippen LogP contribution is -2.14. The van der Waals surface area contributed by atoms with Crippen molar-refractivity contribution in [1.82, 2.24) is 0 Å². The first kappa shape index (κ1) is 10.7. The van der Waals surface area contributed by atoms with Crippen LogP contribution in [0.25, 0.3) is 6.08 Å². The zero-order chi connectivity index (χ0) is 10.4. The molecule has 0 aromatic carbocycles. The quantitative estimate of drug-likeness (QED) is 0.433. The molecule has 0 N–H and O–H groups in total. The number of hydrogen-bond donors (Lipinski definition) is 0. The van der Waals surface area contributed by atoms with Crippen molar-refractivity contribution in [3.8, 4) is 0 Å². The number of ether oxygens (including phenoxy) is 1. The van der Waals surface area contributed by atoms with Crippen LogP contribution in [0.2, 0.25) is 0 Å². The summed E-state index contributed by atoms with van der Waals surface area (Å²) in [6.45, 7) is 1.88. The van der Waals surface area contributed by atoms with Gasteiger partial charge in [-0.25, -0.2) is 4.79 Å². The lowest BCUT2D eigenvalue weighted by atomic mass is 10.3. The van der Waals surface area contributed by atoms with E-state index in [4.69, 9.17) is 0 Å². The summed E-state index contributed by atoms with van der Waals surface area (Å²) >= 11 is 1.50. The Balaban J connectivity index is 2.52. The summed E-state index contributed by atoms with van der Waals surface area (Å²) < 4.78 is 4.54. The van der Waals surface area contributed by atoms with Crippen molar-refractivity contribution in [2.75, 3.05) is 6.61 Å². The minimum absolute atomic E-state index is 0.220. The normalized spacial score (nSPS) is 10.4. The van der Waals surface area contributed by atoms with E-state index in [1.54, 1.807) is 13.0 Å². The molecule has 0 fully saturated rings. The molecule has 0 saturated heterocycles. The molecule has 0 unspecified atom stereocenters. The molecule has 1 heterocycles. The standard InChI is InChI=1S/C10H10O3S/c1-2-13-10(12)9(11)6-5-8-4-3-7-14-8/h3-7H,2H2,1H3. The topological polar surface area (TPSA) is 43.4 Å². The Morgan fingerprint density at radius 3 is 2.93 bits per heavy atom. The van der Waals surface area contributed by atoms with Crippen molar-refractivity contribution < 1.29 is 14.3 Å². The third kappa shape index (κ3) is 3.14. The number of hydrogen-bond acceptors (Lipinski definition) is 4. The summed E-state index contributed by atoms with van der Waals surface area (Å²) in [5.74, 6) is -1.43. The van der Waals surface area contributed by atoms with Crippen molar-refractivity contribution >= 4 is 29.2 Å². The van der Waals surface area contributed by atoms with Crippen LogP contribution in [0.3, 0.4) is 0 Å². The molecule has 0 amide bonds. The second-order valence-corrected chi connectivity index (χ2v) is 3.41. The zero-order valence-corrected chi connectivity index (χ0v) is 8.54. The molecular formula is C10H10O3S. The van der Waals surface area contributed by atoms with Crippen molar-refractivity contribution in [3.63, 3.8) is 0 Å². The Labute approximate surface area is 86.0 Å². The molecule has 0 aliphatic rings. The highest BCUT2D eigenvalue weighted by atomic mass is 32.1. The Kier molecular flexibility index (Phi) is 4.07. The zero-order valence-electron chi connectivity index (χ0n) is 7.73. The Hall–Kier alpha value is -1.42. The Morgan fingerprint density at radius 2 is 2.36 bits per heavy atom. The van der Waals surface area contributed by atoms with Gasteiger partial charge >= 0.3 is 5.97 Å². The number of rotatable bonds is 4. The average Bonchev–Trinajstić information content (AvgIpc) is 2.67. The number of esters is 1. The molecular weight excluding hydrogens is 200 g/mol. The van der Waals surface area contributed by atoms with Gasteiger partial charge in [0, 0.05) is 4.88 Å². The van der Waals surface area contributed by atoms with Gasteiger partial charge in [-0.05, 0) is 30.5 Å². The fraction of sp³-hybridized carbons (Fsp3) is 0.200. The average molecular weight is 210 g/mol. The second-order valence-electron chi connectivity index (χ2n) is 2.43. The van der Waals surface area contributed by atoms with Gasteiger partial charge in [0.25, 0.3) is 5.78 Å². The molecule has 0 radical (unpaired) electrons. The number of carbonyl (C=O) groups excluding carboxylic acids is 2. The molecule has 74 valence electrons. The van der Waals surface area contributed by atoms with Crippen LogP contribution in [0.1, 0.15) is 11.8 Å². The Morgan fingerprint density at radius 1 is 1.57 bits per heavy atom. The minimum Gasteiger partial charge on any atom is -0.460 e. The molecule has 4 heteroatoms. The summed E-state index contributed by atoms with van der Waals surface area (Å²) in [5, 5.41) is 1.90. The Bertz CT molecular complexity index is 338. The van der Waals surface area contributed by atoms with E-state index in [0.717, 1.165) is 4.88 Å². The molecule has 1 aromatic heterocycles. The molecule has 0 spiro atoms. The molecule has 0 saturated carbocycles. The molecule has 0 aliphatic heterocycles. The van der Waals surface area contributed by atoms with Crippen LogP contribution in [-0.2, 0) is 14.3 Å². The van der Waals surface area contributed by atoms with Gasteiger partial charge in [0.1, 0.15) is 0 Å². The lowest BCUT2D eigenvalue weighted by Gasteiger charge is -1.94. The lowest BCUT2D eigenvalue weighted by molar-refractivity contribution is -0.151. The number of carbonyl (C=O) groups is 2. The smallest absolute Gasteiger partial charge is 0.379 e. The van der Waals surface area contributed by atoms with Crippen LogP contribution in [0, 0.1) is 0 Å². The fourth-order valence-electron chi connectivity index (χ4n) is 0.814. The van der Waals surface area contributed by atoms with Gasteiger partial charge in [-0.15, -0.1) is 11.3 Å². The number of ketones is 1. The van der Waals surface area contributed by atoms with E-state index in [0.29, 0.717) is 0 Å². The molecule has 0 bridgehead atoms. The van der Waals surface area contributed by atoms with Crippen molar-refractivity contribution in [1.29, 1.82) is 0 Å². The SMILES string of the molecule is CCOC(=O)C(=O)C=Cc1cccs1. The second kappa shape index (κ2) is 5.34. The minimum atomic E-state index is -0.805. The van der Waals surface area contributed by atoms with Crippen LogP contribution in [-0.4, -0.2) is 18.4 Å². The molecule has 1 rings (SSSR count). The van der Waals surface area contributed by atoms with Gasteiger partial charge in [0.2, 0.25) is 0 Å². The van der Waals surface area contributed by atoms with E-state index in [1.165, 1.54) is 17.4 Å². The molecule has 0 aliphatic carbocycles. The van der Waals surface area contributed by atoms with E-state index in [-0.39, 0.29) is 6.61 Å². The molecule has 0 atom stereocenters. The van der Waals surface area contributed by atoms with Crippen molar-refractivity contribution in [2.24, 2.45) is 0 Å². The van der Waals surface area contributed by atoms with Crippen LogP contribution < -0.4 is 0 Å². The van der Waals surface area contributed by atoms with Crippen molar-refractivity contribution in [3.05, 3.63) is 28.5 Å². The van der Waals surface area contributed by atoms with Gasteiger partial charge in [-0.3, -0.25) is 4.79 Å². The number of thiophene rings is 1.